The minimum atomic E-state index is -0.852. The number of ether oxygens (including phenoxy) is 6. The highest BCUT2D eigenvalue weighted by atomic mass is 16.5. The number of allylic oxidation sites excluding steroid dienone is 1. The quantitative estimate of drug-likeness (QED) is 0.0372. The van der Waals surface area contributed by atoms with Crippen LogP contribution in [0.2, 0.25) is 0 Å². The molecule has 8 nitrogen and oxygen atoms in total. The molecule has 4 saturated carbocycles. The van der Waals surface area contributed by atoms with Crippen molar-refractivity contribution < 1.29 is 38.3 Å². The largest absolute Gasteiger partial charge is 0.497 e. The van der Waals surface area contributed by atoms with Crippen LogP contribution in [0.1, 0.15) is 240 Å². The Morgan fingerprint density at radius 2 is 0.844 bits per heavy atom. The molecule has 3 heterocycles. The van der Waals surface area contributed by atoms with Gasteiger partial charge in [0.25, 0.3) is 0 Å². The summed E-state index contributed by atoms with van der Waals surface area (Å²) < 4.78 is 38.1. The fourth-order valence-electron chi connectivity index (χ4n) is 13.8. The molecule has 3 aliphatic heterocycles. The van der Waals surface area contributed by atoms with E-state index in [0.717, 1.165) is 123 Å². The molecule has 2 unspecified atom stereocenters. The molecule has 7 aliphatic rings. The van der Waals surface area contributed by atoms with Crippen LogP contribution < -0.4 is 0 Å². The van der Waals surface area contributed by atoms with Gasteiger partial charge in [0.2, 0.25) is 0 Å². The number of hydrogen-bond acceptors (Lipinski definition) is 7. The standard InChI is InChI=1S/C56H98O8/c1-5-8-26-51(41-59-42-51)29-20-14-11-17-23-32-62-49(47(4)50(57)58)54-35-48-36-55(38-54,63-33-24-18-12-15-21-30-52(27-9-6-2)43-60-44-52)40-56(37-48,39-54)64-34-25-19-13-16-22-31-53(28-10-7-3)45-61-46-53/h48H,5-46H2,1-4H3,(H,57,58). The summed E-state index contributed by atoms with van der Waals surface area (Å²) in [5.74, 6) is 0.356. The highest BCUT2D eigenvalue weighted by Crippen LogP contribution is 2.68. The molecule has 8 heteroatoms. The van der Waals surface area contributed by atoms with Crippen molar-refractivity contribution in [3.05, 3.63) is 11.3 Å². The minimum Gasteiger partial charge on any atom is -0.497 e. The molecule has 4 bridgehead atoms. The van der Waals surface area contributed by atoms with Crippen LogP contribution in [0, 0.1) is 27.6 Å². The van der Waals surface area contributed by atoms with E-state index in [1.807, 2.05) is 0 Å². The number of carboxylic acids is 1. The Morgan fingerprint density at radius 1 is 0.484 bits per heavy atom. The predicted molar refractivity (Wildman–Crippen MR) is 259 cm³/mol. The van der Waals surface area contributed by atoms with Gasteiger partial charge in [-0.15, -0.1) is 0 Å². The van der Waals surface area contributed by atoms with E-state index in [4.69, 9.17) is 28.4 Å². The van der Waals surface area contributed by atoms with E-state index in [1.54, 1.807) is 6.92 Å². The molecule has 0 spiro atoms. The summed E-state index contributed by atoms with van der Waals surface area (Å²) in [6.45, 7) is 16.6. The number of rotatable bonds is 38. The lowest BCUT2D eigenvalue weighted by atomic mass is 9.45. The maximum atomic E-state index is 12.8. The van der Waals surface area contributed by atoms with Crippen LogP contribution in [-0.2, 0) is 33.2 Å². The Morgan fingerprint density at radius 3 is 1.20 bits per heavy atom. The first kappa shape index (κ1) is 52.2. The summed E-state index contributed by atoms with van der Waals surface area (Å²) in [4.78, 5) is 12.8. The van der Waals surface area contributed by atoms with Gasteiger partial charge < -0.3 is 33.5 Å². The molecule has 3 saturated heterocycles. The van der Waals surface area contributed by atoms with Crippen LogP contribution in [0.4, 0.5) is 0 Å². The van der Waals surface area contributed by atoms with Gasteiger partial charge in [0, 0.05) is 41.3 Å². The molecule has 0 aromatic heterocycles. The third-order valence-electron chi connectivity index (χ3n) is 17.4. The zero-order chi connectivity index (χ0) is 45.3. The minimum absolute atomic E-state index is 0.276. The van der Waals surface area contributed by atoms with Crippen molar-refractivity contribution >= 4 is 5.97 Å². The lowest BCUT2D eigenvalue weighted by Gasteiger charge is -2.66. The van der Waals surface area contributed by atoms with Gasteiger partial charge in [-0.25, -0.2) is 4.79 Å². The number of carbonyl (C=O) groups is 1. The zero-order valence-electron chi connectivity index (χ0n) is 42.1. The zero-order valence-corrected chi connectivity index (χ0v) is 42.1. The second-order valence-electron chi connectivity index (χ2n) is 23.3. The third-order valence-corrected chi connectivity index (χ3v) is 17.4. The van der Waals surface area contributed by atoms with Gasteiger partial charge in [-0.05, 0) is 103 Å². The van der Waals surface area contributed by atoms with Crippen LogP contribution in [0.15, 0.2) is 11.3 Å². The Hall–Kier alpha value is -1.19. The summed E-state index contributed by atoms with van der Waals surface area (Å²) in [7, 11) is 0. The Kier molecular flexibility index (Phi) is 20.7. The second-order valence-corrected chi connectivity index (χ2v) is 23.3. The molecule has 2 atom stereocenters. The molecule has 64 heavy (non-hydrogen) atoms. The fourth-order valence-corrected chi connectivity index (χ4v) is 13.8. The number of unbranched alkanes of at least 4 members (excludes halogenated alkanes) is 15. The molecule has 0 aromatic carbocycles. The molecule has 0 aromatic rings. The Labute approximate surface area is 392 Å². The van der Waals surface area contributed by atoms with Crippen LogP contribution in [-0.4, -0.2) is 81.7 Å². The normalized spacial score (nSPS) is 28.6. The lowest BCUT2D eigenvalue weighted by Crippen LogP contribution is -2.65. The van der Waals surface area contributed by atoms with Gasteiger partial charge in [0.1, 0.15) is 5.76 Å². The molecule has 1 N–H and O–H groups in total. The molecule has 4 aliphatic carbocycles. The van der Waals surface area contributed by atoms with E-state index in [0.29, 0.717) is 34.3 Å². The fraction of sp³-hybridized carbons (Fsp3) is 0.946. The first-order chi connectivity index (χ1) is 31.1. The van der Waals surface area contributed by atoms with Crippen molar-refractivity contribution in [1.82, 2.24) is 0 Å². The Balaban J connectivity index is 1.01. The third kappa shape index (κ3) is 14.4. The molecule has 0 amide bonds. The number of aliphatic carboxylic acids is 1. The summed E-state index contributed by atoms with van der Waals surface area (Å²) >= 11 is 0. The van der Waals surface area contributed by atoms with Gasteiger partial charge in [0.15, 0.2) is 0 Å². The van der Waals surface area contributed by atoms with Gasteiger partial charge in [0.05, 0.1) is 63.0 Å². The molecule has 7 rings (SSSR count). The van der Waals surface area contributed by atoms with Crippen LogP contribution in [0.3, 0.4) is 0 Å². The molecular formula is C56H98O8. The van der Waals surface area contributed by atoms with Gasteiger partial charge >= 0.3 is 5.97 Å². The number of carboxylic acid groups (broad SMARTS) is 1. The lowest BCUT2D eigenvalue weighted by molar-refractivity contribution is -0.261. The van der Waals surface area contributed by atoms with Crippen molar-refractivity contribution in [1.29, 1.82) is 0 Å². The number of hydrogen-bond donors (Lipinski definition) is 1. The molecule has 370 valence electrons. The Bertz CT molecular complexity index is 1340. The van der Waals surface area contributed by atoms with Crippen molar-refractivity contribution in [3.63, 3.8) is 0 Å². The summed E-state index contributed by atoms with van der Waals surface area (Å²) in [6, 6.07) is 0. The van der Waals surface area contributed by atoms with Crippen molar-refractivity contribution in [2.75, 3.05) is 59.5 Å². The van der Waals surface area contributed by atoms with E-state index in [1.165, 1.54) is 148 Å². The van der Waals surface area contributed by atoms with Crippen molar-refractivity contribution in [3.8, 4) is 0 Å². The van der Waals surface area contributed by atoms with Crippen molar-refractivity contribution in [2.24, 2.45) is 27.6 Å². The molecule has 0 radical (unpaired) electrons. The maximum absolute atomic E-state index is 12.8. The van der Waals surface area contributed by atoms with Crippen LogP contribution in [0.5, 0.6) is 0 Å². The SMILES string of the molecule is CCCCC1(CCCCCCCOC(=C(C)C(=O)O)C23CC4CC(OCCCCCCCC5(CCCC)COC5)(CC(OCCCCCCCC5(CCCC)COC5)(C4)C2)C3)COC1. The molecule has 7 fully saturated rings. The summed E-state index contributed by atoms with van der Waals surface area (Å²) in [6.07, 6.45) is 39.6. The molecular weight excluding hydrogens is 801 g/mol. The van der Waals surface area contributed by atoms with E-state index < -0.39 is 5.97 Å². The summed E-state index contributed by atoms with van der Waals surface area (Å²) in [5, 5.41) is 10.5. The van der Waals surface area contributed by atoms with E-state index >= 15 is 0 Å². The monoisotopic (exact) mass is 899 g/mol. The summed E-state index contributed by atoms with van der Waals surface area (Å²) in [5.41, 5.74) is 0.863. The van der Waals surface area contributed by atoms with E-state index in [2.05, 4.69) is 20.8 Å². The first-order valence-electron chi connectivity index (χ1n) is 27.7. The van der Waals surface area contributed by atoms with Gasteiger partial charge in [-0.3, -0.25) is 0 Å². The highest BCUT2D eigenvalue weighted by Gasteiger charge is 2.66. The van der Waals surface area contributed by atoms with E-state index in [-0.39, 0.29) is 16.6 Å². The van der Waals surface area contributed by atoms with Gasteiger partial charge in [-0.2, -0.15) is 0 Å². The topological polar surface area (TPSA) is 92.7 Å². The predicted octanol–water partition coefficient (Wildman–Crippen LogP) is 14.5. The van der Waals surface area contributed by atoms with E-state index in [9.17, 15) is 9.90 Å². The average Bonchev–Trinajstić information content (AvgIpc) is 3.22. The van der Waals surface area contributed by atoms with Crippen LogP contribution >= 0.6 is 0 Å². The highest BCUT2D eigenvalue weighted by molar-refractivity contribution is 5.86. The van der Waals surface area contributed by atoms with Crippen molar-refractivity contribution in [2.45, 2.75) is 251 Å². The first-order valence-corrected chi connectivity index (χ1v) is 27.7. The average molecular weight is 899 g/mol. The second kappa shape index (κ2) is 25.4. The van der Waals surface area contributed by atoms with Gasteiger partial charge in [-0.1, -0.05) is 136 Å². The maximum Gasteiger partial charge on any atom is 0.334 e. The smallest absolute Gasteiger partial charge is 0.334 e. The van der Waals surface area contributed by atoms with Crippen LogP contribution in [0.25, 0.3) is 0 Å².